The molecule has 0 N–H and O–H groups in total. The highest BCUT2D eigenvalue weighted by atomic mass is 16.3. The summed E-state index contributed by atoms with van der Waals surface area (Å²) in [7, 11) is 0. The van der Waals surface area contributed by atoms with Gasteiger partial charge in [0.05, 0.1) is 0 Å². The number of rotatable bonds is 5. The molecule has 0 spiro atoms. The molecule has 5 nitrogen and oxygen atoms in total. The quantitative estimate of drug-likeness (QED) is 0.187. The molecule has 3 heterocycles. The summed E-state index contributed by atoms with van der Waals surface area (Å²) in [6.45, 7) is 0. The van der Waals surface area contributed by atoms with Crippen molar-refractivity contribution in [3.05, 3.63) is 164 Å². The monoisotopic (exact) mass is 641 g/mol. The Morgan fingerprint density at radius 2 is 0.860 bits per heavy atom. The molecule has 10 rings (SSSR count). The van der Waals surface area contributed by atoms with Gasteiger partial charge < -0.3 is 8.83 Å². The van der Waals surface area contributed by atoms with E-state index in [4.69, 9.17) is 23.8 Å². The second kappa shape index (κ2) is 11.4. The summed E-state index contributed by atoms with van der Waals surface area (Å²) in [6.07, 6.45) is 0. The van der Waals surface area contributed by atoms with E-state index in [0.29, 0.717) is 17.5 Å². The van der Waals surface area contributed by atoms with Crippen LogP contribution in [0, 0.1) is 0 Å². The van der Waals surface area contributed by atoms with E-state index in [1.165, 1.54) is 0 Å². The van der Waals surface area contributed by atoms with Crippen molar-refractivity contribution < 1.29 is 8.83 Å². The second-order valence-electron chi connectivity index (χ2n) is 12.4. The van der Waals surface area contributed by atoms with Gasteiger partial charge in [0.2, 0.25) is 0 Å². The van der Waals surface area contributed by atoms with Crippen LogP contribution in [-0.2, 0) is 0 Å². The average Bonchev–Trinajstić information content (AvgIpc) is 3.77. The van der Waals surface area contributed by atoms with Gasteiger partial charge in [-0.25, -0.2) is 15.0 Å². The lowest BCUT2D eigenvalue weighted by atomic mass is 9.97. The maximum atomic E-state index is 6.35. The van der Waals surface area contributed by atoms with E-state index in [9.17, 15) is 0 Å². The fraction of sp³-hybridized carbons (Fsp3) is 0. The first-order valence-electron chi connectivity index (χ1n) is 16.6. The van der Waals surface area contributed by atoms with E-state index in [1.807, 2.05) is 72.8 Å². The highest BCUT2D eigenvalue weighted by Crippen LogP contribution is 2.38. The van der Waals surface area contributed by atoms with Crippen LogP contribution in [-0.4, -0.2) is 15.0 Å². The average molecular weight is 642 g/mol. The molecule has 0 unspecified atom stereocenters. The Morgan fingerprint density at radius 1 is 0.320 bits per heavy atom. The molecule has 7 aromatic carbocycles. The Bertz CT molecular complexity index is 2870. The van der Waals surface area contributed by atoms with E-state index in [1.54, 1.807) is 0 Å². The number of hydrogen-bond donors (Lipinski definition) is 0. The minimum atomic E-state index is 0.600. The fourth-order valence-corrected chi connectivity index (χ4v) is 6.96. The van der Waals surface area contributed by atoms with Crippen molar-refractivity contribution in [2.45, 2.75) is 0 Å². The second-order valence-corrected chi connectivity index (χ2v) is 12.4. The van der Waals surface area contributed by atoms with Gasteiger partial charge in [-0.05, 0) is 41.0 Å². The standard InChI is InChI=1S/C45H27N3O2/c1-2-11-29(12-3-1)43-46-44(48-45(47-43)37-19-10-22-40-41(37)36-16-5-7-21-39(36)49-40)30-25-23-28(24-26-30)31-13-8-14-32(27-31)33-17-9-18-35-34-15-4-6-20-38(34)50-42(33)35/h1-27H. The van der Waals surface area contributed by atoms with Crippen LogP contribution in [0.1, 0.15) is 0 Å². The number of aromatic nitrogens is 3. The molecule has 0 saturated carbocycles. The van der Waals surface area contributed by atoms with E-state index < -0.39 is 0 Å². The Labute approximate surface area is 287 Å². The molecule has 0 fully saturated rings. The zero-order valence-corrected chi connectivity index (χ0v) is 26.7. The van der Waals surface area contributed by atoms with Gasteiger partial charge in [0.15, 0.2) is 17.5 Å². The first kappa shape index (κ1) is 28.2. The molecule has 0 saturated heterocycles. The van der Waals surface area contributed by atoms with Gasteiger partial charge in [-0.15, -0.1) is 0 Å². The van der Waals surface area contributed by atoms with E-state index in [2.05, 4.69) is 91.0 Å². The first-order chi connectivity index (χ1) is 24.8. The number of nitrogens with zero attached hydrogens (tertiary/aromatic N) is 3. The van der Waals surface area contributed by atoms with Crippen molar-refractivity contribution in [1.82, 2.24) is 15.0 Å². The van der Waals surface area contributed by atoms with Crippen LogP contribution in [0.3, 0.4) is 0 Å². The number of hydrogen-bond acceptors (Lipinski definition) is 5. The lowest BCUT2D eigenvalue weighted by Crippen LogP contribution is -2.00. The van der Waals surface area contributed by atoms with Gasteiger partial charge >= 0.3 is 0 Å². The van der Waals surface area contributed by atoms with Crippen molar-refractivity contribution in [2.75, 3.05) is 0 Å². The third-order valence-electron chi connectivity index (χ3n) is 9.37. The van der Waals surface area contributed by atoms with Gasteiger partial charge in [-0.3, -0.25) is 0 Å². The molecular formula is C45H27N3O2. The molecule has 234 valence electrons. The summed E-state index contributed by atoms with van der Waals surface area (Å²) in [5.74, 6) is 1.82. The molecule has 0 aliphatic heterocycles. The fourth-order valence-electron chi connectivity index (χ4n) is 6.96. The smallest absolute Gasteiger partial charge is 0.164 e. The molecule has 0 radical (unpaired) electrons. The Balaban J connectivity index is 1.06. The van der Waals surface area contributed by atoms with Gasteiger partial charge in [-0.2, -0.15) is 0 Å². The lowest BCUT2D eigenvalue weighted by molar-refractivity contribution is 0.669. The van der Waals surface area contributed by atoms with Crippen LogP contribution < -0.4 is 0 Å². The third-order valence-corrected chi connectivity index (χ3v) is 9.37. The molecule has 10 aromatic rings. The maximum Gasteiger partial charge on any atom is 0.164 e. The minimum absolute atomic E-state index is 0.600. The molecule has 0 bridgehead atoms. The van der Waals surface area contributed by atoms with Crippen molar-refractivity contribution in [2.24, 2.45) is 0 Å². The van der Waals surface area contributed by atoms with Crippen molar-refractivity contribution in [3.8, 4) is 56.4 Å². The van der Waals surface area contributed by atoms with Gasteiger partial charge in [0.25, 0.3) is 0 Å². The number of fused-ring (bicyclic) bond motifs is 6. The Morgan fingerprint density at radius 3 is 1.68 bits per heavy atom. The van der Waals surface area contributed by atoms with Crippen LogP contribution >= 0.6 is 0 Å². The van der Waals surface area contributed by atoms with E-state index >= 15 is 0 Å². The largest absolute Gasteiger partial charge is 0.456 e. The Kier molecular flexibility index (Phi) is 6.42. The summed E-state index contributed by atoms with van der Waals surface area (Å²) >= 11 is 0. The summed E-state index contributed by atoms with van der Waals surface area (Å²) in [4.78, 5) is 15.0. The summed E-state index contributed by atoms with van der Waals surface area (Å²) in [5, 5.41) is 4.27. The van der Waals surface area contributed by atoms with Crippen molar-refractivity contribution >= 4 is 43.9 Å². The highest BCUT2D eigenvalue weighted by Gasteiger charge is 2.18. The van der Waals surface area contributed by atoms with Crippen LogP contribution in [0.5, 0.6) is 0 Å². The SMILES string of the molecule is c1ccc(-c2nc(-c3ccc(-c4cccc(-c5cccc6c5oc5ccccc56)c4)cc3)nc(-c3cccc4oc5ccccc5c34)n2)cc1. The summed E-state index contributed by atoms with van der Waals surface area (Å²) in [5.41, 5.74) is 10.6. The molecular weight excluding hydrogens is 615 g/mol. The topological polar surface area (TPSA) is 65.0 Å². The van der Waals surface area contributed by atoms with Crippen molar-refractivity contribution in [1.29, 1.82) is 0 Å². The van der Waals surface area contributed by atoms with E-state index in [0.717, 1.165) is 82.8 Å². The maximum absolute atomic E-state index is 6.35. The van der Waals surface area contributed by atoms with E-state index in [-0.39, 0.29) is 0 Å². The van der Waals surface area contributed by atoms with Crippen LogP contribution in [0.25, 0.3) is 100 Å². The molecule has 0 aliphatic carbocycles. The highest BCUT2D eigenvalue weighted by molar-refractivity contribution is 6.12. The zero-order valence-electron chi connectivity index (χ0n) is 26.7. The lowest BCUT2D eigenvalue weighted by Gasteiger charge is -2.10. The molecule has 50 heavy (non-hydrogen) atoms. The molecule has 0 aliphatic rings. The normalized spacial score (nSPS) is 11.6. The van der Waals surface area contributed by atoms with Gasteiger partial charge in [-0.1, -0.05) is 140 Å². The molecule has 0 amide bonds. The summed E-state index contributed by atoms with van der Waals surface area (Å²) in [6, 6.07) is 55.8. The number of furan rings is 2. The van der Waals surface area contributed by atoms with Crippen LogP contribution in [0.2, 0.25) is 0 Å². The summed E-state index contributed by atoms with van der Waals surface area (Å²) < 4.78 is 12.5. The first-order valence-corrected chi connectivity index (χ1v) is 16.6. The zero-order chi connectivity index (χ0) is 33.0. The van der Waals surface area contributed by atoms with Crippen molar-refractivity contribution in [3.63, 3.8) is 0 Å². The molecule has 0 atom stereocenters. The van der Waals surface area contributed by atoms with Crippen LogP contribution in [0.4, 0.5) is 0 Å². The van der Waals surface area contributed by atoms with Gasteiger partial charge in [0, 0.05) is 43.8 Å². The van der Waals surface area contributed by atoms with Gasteiger partial charge in [0.1, 0.15) is 22.3 Å². The third kappa shape index (κ3) is 4.67. The number of benzene rings is 7. The Hall–Kier alpha value is -6.85. The predicted octanol–water partition coefficient (Wildman–Crippen LogP) is 12.0. The van der Waals surface area contributed by atoms with Crippen LogP contribution in [0.15, 0.2) is 173 Å². The molecule has 3 aromatic heterocycles. The molecule has 5 heteroatoms. The minimum Gasteiger partial charge on any atom is -0.456 e. The number of para-hydroxylation sites is 3. The predicted molar refractivity (Wildman–Crippen MR) is 202 cm³/mol.